The lowest BCUT2D eigenvalue weighted by atomic mass is 10.2. The Morgan fingerprint density at radius 3 is 2.72 bits per heavy atom. The average Bonchev–Trinajstić information content (AvgIpc) is 3.38. The SMILES string of the molecule is CN(C)[n+]1cc(/N=C(/[O-])CSC2=N/C(=C/c3ccccn3)C(=O)N2c2ccccc2)on1. The third kappa shape index (κ3) is 4.83. The van der Waals surface area contributed by atoms with Gasteiger partial charge in [0.05, 0.1) is 30.3 Å². The van der Waals surface area contributed by atoms with Gasteiger partial charge in [0.25, 0.3) is 12.1 Å². The number of amides is 1. The molecular weight excluding hydrogens is 430 g/mol. The third-order valence-corrected chi connectivity index (χ3v) is 5.15. The number of aromatic nitrogens is 3. The van der Waals surface area contributed by atoms with E-state index in [2.05, 4.69) is 20.2 Å². The van der Waals surface area contributed by atoms with Crippen LogP contribution in [0.5, 0.6) is 0 Å². The minimum Gasteiger partial charge on any atom is -0.861 e. The summed E-state index contributed by atoms with van der Waals surface area (Å²) in [5, 5.41) is 18.1. The van der Waals surface area contributed by atoms with Gasteiger partial charge in [-0.05, 0) is 36.2 Å². The van der Waals surface area contributed by atoms with Crippen LogP contribution in [-0.2, 0) is 4.79 Å². The fourth-order valence-electron chi connectivity index (χ4n) is 2.75. The molecule has 1 amide bonds. The molecular formula is C21H19N7O3S. The maximum atomic E-state index is 13.1. The van der Waals surface area contributed by atoms with E-state index in [1.807, 2.05) is 24.3 Å². The molecule has 0 saturated heterocycles. The molecule has 0 aliphatic carbocycles. The smallest absolute Gasteiger partial charge is 0.324 e. The quantitative estimate of drug-likeness (QED) is 0.240. The van der Waals surface area contributed by atoms with Crippen molar-refractivity contribution in [1.29, 1.82) is 0 Å². The monoisotopic (exact) mass is 449 g/mol. The Kier molecular flexibility index (Phi) is 6.26. The second-order valence-electron chi connectivity index (χ2n) is 6.76. The summed E-state index contributed by atoms with van der Waals surface area (Å²) in [5.74, 6) is -0.683. The van der Waals surface area contributed by atoms with Gasteiger partial charge in [0.2, 0.25) is 5.27 Å². The standard InChI is InChI=1S/C21H19N7O3S/c1-26(2)27-13-19(31-25-27)24-18(29)14-32-21-23-17(12-15-8-6-7-11-22-15)20(30)28(21)16-9-4-3-5-10-16/h3-13H,14H2,1-2H3/b17-12+. The van der Waals surface area contributed by atoms with Gasteiger partial charge in [0.15, 0.2) is 5.17 Å². The predicted octanol–water partition coefficient (Wildman–Crippen LogP) is 1.12. The van der Waals surface area contributed by atoms with Crippen LogP contribution in [0.25, 0.3) is 6.08 Å². The maximum absolute atomic E-state index is 13.1. The molecule has 0 spiro atoms. The van der Waals surface area contributed by atoms with Crippen LogP contribution in [0.3, 0.4) is 0 Å². The number of pyridine rings is 1. The summed E-state index contributed by atoms with van der Waals surface area (Å²) in [7, 11) is 3.54. The van der Waals surface area contributed by atoms with E-state index in [0.29, 0.717) is 16.5 Å². The van der Waals surface area contributed by atoms with E-state index in [1.54, 1.807) is 55.6 Å². The number of para-hydroxylation sites is 1. The van der Waals surface area contributed by atoms with Gasteiger partial charge < -0.3 is 5.11 Å². The summed E-state index contributed by atoms with van der Waals surface area (Å²) in [6.45, 7) is 0. The zero-order valence-corrected chi connectivity index (χ0v) is 18.1. The molecule has 3 aromatic rings. The van der Waals surface area contributed by atoms with E-state index >= 15 is 0 Å². The molecule has 0 saturated carbocycles. The number of aliphatic imine (C=N–C) groups is 2. The topological polar surface area (TPSA) is 114 Å². The molecule has 0 N–H and O–H groups in total. The Morgan fingerprint density at radius 2 is 2.03 bits per heavy atom. The summed E-state index contributed by atoms with van der Waals surface area (Å²) in [4.78, 5) is 28.6. The van der Waals surface area contributed by atoms with Gasteiger partial charge in [0.1, 0.15) is 5.70 Å². The third-order valence-electron chi connectivity index (χ3n) is 4.23. The van der Waals surface area contributed by atoms with E-state index in [1.165, 1.54) is 15.9 Å². The highest BCUT2D eigenvalue weighted by Crippen LogP contribution is 2.29. The molecule has 0 fully saturated rings. The Morgan fingerprint density at radius 1 is 1.25 bits per heavy atom. The molecule has 11 heteroatoms. The fourth-order valence-corrected chi connectivity index (χ4v) is 3.55. The zero-order chi connectivity index (χ0) is 22.5. The molecule has 4 rings (SSSR count). The molecule has 0 unspecified atom stereocenters. The number of carbonyl (C=O) groups is 1. The molecule has 1 aromatic carbocycles. The first kappa shape index (κ1) is 21.2. The van der Waals surface area contributed by atoms with Gasteiger partial charge in [-0.2, -0.15) is 5.01 Å². The van der Waals surface area contributed by atoms with Gasteiger partial charge in [-0.1, -0.05) is 36.0 Å². The molecule has 1 aliphatic heterocycles. The van der Waals surface area contributed by atoms with Crippen LogP contribution in [-0.4, -0.2) is 47.1 Å². The number of amidine groups is 1. The number of rotatable bonds is 6. The van der Waals surface area contributed by atoms with Crippen LogP contribution in [0.15, 0.2) is 81.1 Å². The van der Waals surface area contributed by atoms with Gasteiger partial charge >= 0.3 is 5.88 Å². The number of carbonyl (C=O) groups excluding carboxylic acids is 1. The molecule has 2 aromatic heterocycles. The minimum absolute atomic E-state index is 0.0328. The van der Waals surface area contributed by atoms with Gasteiger partial charge in [-0.15, -0.1) is 0 Å². The Labute approximate surface area is 188 Å². The second-order valence-corrected chi connectivity index (χ2v) is 7.70. The molecule has 10 nitrogen and oxygen atoms in total. The Balaban J connectivity index is 1.57. The number of nitrogens with zero attached hydrogens (tertiary/aromatic N) is 7. The molecule has 3 heterocycles. The summed E-state index contributed by atoms with van der Waals surface area (Å²) in [5.41, 5.74) is 1.51. The molecule has 1 aliphatic rings. The van der Waals surface area contributed by atoms with Crippen molar-refractivity contribution >= 4 is 46.4 Å². The van der Waals surface area contributed by atoms with Crippen molar-refractivity contribution in [2.75, 3.05) is 29.8 Å². The molecule has 0 radical (unpaired) electrons. The summed E-state index contributed by atoms with van der Waals surface area (Å²) in [6.07, 6.45) is 4.75. The average molecular weight is 449 g/mol. The molecule has 32 heavy (non-hydrogen) atoms. The van der Waals surface area contributed by atoms with Crippen molar-refractivity contribution in [3.8, 4) is 0 Å². The number of thioether (sulfide) groups is 1. The Hall–Kier alpha value is -3.99. The molecule has 162 valence electrons. The van der Waals surface area contributed by atoms with Crippen molar-refractivity contribution in [1.82, 2.24) is 10.3 Å². The number of benzene rings is 1. The van der Waals surface area contributed by atoms with Crippen molar-refractivity contribution < 1.29 is 19.2 Å². The van der Waals surface area contributed by atoms with Gasteiger partial charge in [-0.25, -0.2) is 9.98 Å². The lowest BCUT2D eigenvalue weighted by Gasteiger charge is -2.18. The van der Waals surface area contributed by atoms with Crippen LogP contribution >= 0.6 is 11.8 Å². The van der Waals surface area contributed by atoms with Crippen LogP contribution < -0.4 is 19.8 Å². The normalized spacial score (nSPS) is 15.4. The first-order chi connectivity index (χ1) is 15.5. The Bertz CT molecular complexity index is 1190. The van der Waals surface area contributed by atoms with E-state index in [9.17, 15) is 9.90 Å². The van der Waals surface area contributed by atoms with E-state index < -0.39 is 5.90 Å². The van der Waals surface area contributed by atoms with Crippen molar-refractivity contribution in [2.24, 2.45) is 9.98 Å². The van der Waals surface area contributed by atoms with Crippen LogP contribution in [0, 0.1) is 0 Å². The van der Waals surface area contributed by atoms with Crippen LogP contribution in [0.4, 0.5) is 11.6 Å². The van der Waals surface area contributed by atoms with E-state index in [4.69, 9.17) is 4.52 Å². The predicted molar refractivity (Wildman–Crippen MR) is 120 cm³/mol. The van der Waals surface area contributed by atoms with E-state index in [0.717, 1.165) is 11.8 Å². The summed E-state index contributed by atoms with van der Waals surface area (Å²) < 4.78 is 5.02. The molecule has 0 atom stereocenters. The fraction of sp³-hybridized carbons (Fsp3) is 0.143. The lowest BCUT2D eigenvalue weighted by Crippen LogP contribution is -2.53. The van der Waals surface area contributed by atoms with Crippen molar-refractivity contribution in [3.63, 3.8) is 0 Å². The first-order valence-electron chi connectivity index (χ1n) is 9.56. The highest BCUT2D eigenvalue weighted by Gasteiger charge is 2.31. The number of hydrogen-bond acceptors (Lipinski definition) is 9. The lowest BCUT2D eigenvalue weighted by molar-refractivity contribution is -0.753. The zero-order valence-electron chi connectivity index (χ0n) is 17.3. The first-order valence-corrected chi connectivity index (χ1v) is 10.5. The van der Waals surface area contributed by atoms with Crippen LogP contribution in [0.2, 0.25) is 0 Å². The summed E-state index contributed by atoms with van der Waals surface area (Å²) in [6, 6.07) is 14.5. The number of hydrogen-bond donors (Lipinski definition) is 0. The molecule has 0 bridgehead atoms. The second kappa shape index (κ2) is 9.43. The van der Waals surface area contributed by atoms with E-state index in [-0.39, 0.29) is 23.2 Å². The van der Waals surface area contributed by atoms with Crippen molar-refractivity contribution in [3.05, 3.63) is 72.3 Å². The maximum Gasteiger partial charge on any atom is 0.324 e. The number of anilines is 1. The highest BCUT2D eigenvalue weighted by molar-refractivity contribution is 8.14. The summed E-state index contributed by atoms with van der Waals surface area (Å²) >= 11 is 1.12. The largest absolute Gasteiger partial charge is 0.861 e. The van der Waals surface area contributed by atoms with Gasteiger partial charge in [-0.3, -0.25) is 19.2 Å². The van der Waals surface area contributed by atoms with Crippen LogP contribution in [0.1, 0.15) is 5.69 Å². The highest BCUT2D eigenvalue weighted by atomic mass is 32.2. The minimum atomic E-state index is -0.442. The van der Waals surface area contributed by atoms with Gasteiger partial charge in [0, 0.05) is 11.9 Å². The van der Waals surface area contributed by atoms with Crippen molar-refractivity contribution in [2.45, 2.75) is 0 Å².